The molecule has 22 heavy (non-hydrogen) atoms. The first-order chi connectivity index (χ1) is 10.6. The van der Waals surface area contributed by atoms with Crippen LogP contribution in [0.5, 0.6) is 0 Å². The van der Waals surface area contributed by atoms with Crippen molar-refractivity contribution in [1.29, 1.82) is 0 Å². The molecule has 1 fully saturated rings. The number of fused-ring (bicyclic) bond motifs is 1. The summed E-state index contributed by atoms with van der Waals surface area (Å²) in [5.41, 5.74) is 0.00456. The van der Waals surface area contributed by atoms with Gasteiger partial charge in [-0.25, -0.2) is 0 Å². The van der Waals surface area contributed by atoms with Gasteiger partial charge in [-0.2, -0.15) is 0 Å². The molecule has 2 aromatic rings. The molecule has 0 bridgehead atoms. The predicted octanol–water partition coefficient (Wildman–Crippen LogP) is 2.74. The van der Waals surface area contributed by atoms with Crippen LogP contribution >= 0.6 is 11.3 Å². The topological polar surface area (TPSA) is 41.6 Å². The van der Waals surface area contributed by atoms with Crippen molar-refractivity contribution in [2.24, 2.45) is 0 Å². The van der Waals surface area contributed by atoms with E-state index in [0.717, 1.165) is 41.0 Å². The van der Waals surface area contributed by atoms with Gasteiger partial charge in [0.15, 0.2) is 0 Å². The molecule has 1 N–H and O–H groups in total. The van der Waals surface area contributed by atoms with Gasteiger partial charge < -0.3 is 15.0 Å². The van der Waals surface area contributed by atoms with Crippen LogP contribution in [0.25, 0.3) is 10.1 Å². The molecule has 1 amide bonds. The van der Waals surface area contributed by atoms with Gasteiger partial charge in [0, 0.05) is 30.0 Å². The molecule has 118 valence electrons. The van der Waals surface area contributed by atoms with Crippen molar-refractivity contribution in [3.63, 3.8) is 0 Å². The Hall–Kier alpha value is -1.43. The van der Waals surface area contributed by atoms with E-state index in [-0.39, 0.29) is 11.4 Å². The van der Waals surface area contributed by atoms with Gasteiger partial charge in [0.25, 0.3) is 5.91 Å². The molecule has 1 aromatic carbocycles. The monoisotopic (exact) mass is 318 g/mol. The summed E-state index contributed by atoms with van der Waals surface area (Å²) in [5, 5.41) is 4.26. The van der Waals surface area contributed by atoms with Crippen LogP contribution in [0.4, 0.5) is 0 Å². The Labute approximate surface area is 135 Å². The third kappa shape index (κ3) is 3.02. The van der Waals surface area contributed by atoms with E-state index in [2.05, 4.69) is 30.4 Å². The van der Waals surface area contributed by atoms with Crippen molar-refractivity contribution in [3.05, 3.63) is 35.2 Å². The maximum atomic E-state index is 12.5. The highest BCUT2D eigenvalue weighted by Crippen LogP contribution is 2.27. The number of likely N-dealkylation sites (N-methyl/N-ethyl adjacent to an activating group) is 1. The van der Waals surface area contributed by atoms with E-state index in [9.17, 15) is 4.79 Å². The van der Waals surface area contributed by atoms with Gasteiger partial charge in [-0.3, -0.25) is 4.79 Å². The third-order valence-electron chi connectivity index (χ3n) is 4.60. The fourth-order valence-corrected chi connectivity index (χ4v) is 3.94. The second kappa shape index (κ2) is 6.36. The van der Waals surface area contributed by atoms with Crippen molar-refractivity contribution in [2.75, 3.05) is 33.9 Å². The molecular formula is C17H22N2O2S. The van der Waals surface area contributed by atoms with Gasteiger partial charge in [-0.15, -0.1) is 11.3 Å². The van der Waals surface area contributed by atoms with Crippen LogP contribution in [-0.2, 0) is 4.74 Å². The summed E-state index contributed by atoms with van der Waals surface area (Å²) in [6.07, 6.45) is 1.90. The van der Waals surface area contributed by atoms with E-state index in [4.69, 9.17) is 4.74 Å². The second-order valence-electron chi connectivity index (χ2n) is 6.06. The van der Waals surface area contributed by atoms with E-state index in [1.807, 2.05) is 24.3 Å². The summed E-state index contributed by atoms with van der Waals surface area (Å²) in [5.74, 6) is 0.0221. The van der Waals surface area contributed by atoms with Crippen LogP contribution in [-0.4, -0.2) is 50.2 Å². The number of amides is 1. The molecule has 3 rings (SSSR count). The number of nitrogens with one attached hydrogen (secondary N) is 1. The highest BCUT2D eigenvalue weighted by atomic mass is 32.1. The first-order valence-electron chi connectivity index (χ1n) is 7.63. The molecule has 1 aliphatic heterocycles. The van der Waals surface area contributed by atoms with E-state index in [0.29, 0.717) is 6.54 Å². The average molecular weight is 318 g/mol. The number of rotatable bonds is 4. The molecule has 1 aromatic heterocycles. The van der Waals surface area contributed by atoms with Crippen LogP contribution < -0.4 is 5.32 Å². The summed E-state index contributed by atoms with van der Waals surface area (Å²) in [6, 6.07) is 10.1. The van der Waals surface area contributed by atoms with Gasteiger partial charge >= 0.3 is 0 Å². The highest BCUT2D eigenvalue weighted by Gasteiger charge is 2.35. The number of ether oxygens (including phenoxy) is 1. The van der Waals surface area contributed by atoms with Crippen LogP contribution in [0.2, 0.25) is 0 Å². The predicted molar refractivity (Wildman–Crippen MR) is 90.6 cm³/mol. The lowest BCUT2D eigenvalue weighted by atomic mass is 9.88. The number of hydrogen-bond acceptors (Lipinski definition) is 4. The summed E-state index contributed by atoms with van der Waals surface area (Å²) in [6.45, 7) is 2.18. The van der Waals surface area contributed by atoms with E-state index < -0.39 is 0 Å². The molecule has 0 aliphatic carbocycles. The fourth-order valence-electron chi connectivity index (χ4n) is 2.96. The molecular weight excluding hydrogens is 296 g/mol. The van der Waals surface area contributed by atoms with E-state index in [1.54, 1.807) is 11.3 Å². The Balaban J connectivity index is 1.70. The molecule has 0 unspecified atom stereocenters. The number of carbonyl (C=O) groups excluding carboxylic acids is 1. The minimum atomic E-state index is 0.00456. The fraction of sp³-hybridized carbons (Fsp3) is 0.471. The average Bonchev–Trinajstić information content (AvgIpc) is 2.97. The van der Waals surface area contributed by atoms with Crippen LogP contribution in [0.3, 0.4) is 0 Å². The molecule has 4 nitrogen and oxygen atoms in total. The molecule has 1 saturated heterocycles. The number of carbonyl (C=O) groups is 1. The van der Waals surface area contributed by atoms with Gasteiger partial charge in [-0.1, -0.05) is 18.2 Å². The maximum Gasteiger partial charge on any atom is 0.261 e. The third-order valence-corrected chi connectivity index (χ3v) is 5.71. The molecule has 5 heteroatoms. The normalized spacial score (nSPS) is 17.8. The summed E-state index contributed by atoms with van der Waals surface area (Å²) >= 11 is 1.55. The molecule has 0 atom stereocenters. The van der Waals surface area contributed by atoms with Crippen molar-refractivity contribution in [2.45, 2.75) is 18.4 Å². The molecule has 0 radical (unpaired) electrons. The second-order valence-corrected chi connectivity index (χ2v) is 7.15. The first-order valence-corrected chi connectivity index (χ1v) is 8.44. The van der Waals surface area contributed by atoms with Gasteiger partial charge in [0.1, 0.15) is 0 Å². The van der Waals surface area contributed by atoms with Crippen molar-refractivity contribution < 1.29 is 9.53 Å². The lowest BCUT2D eigenvalue weighted by Gasteiger charge is -2.42. The van der Waals surface area contributed by atoms with E-state index >= 15 is 0 Å². The zero-order chi connectivity index (χ0) is 15.6. The molecule has 2 heterocycles. The van der Waals surface area contributed by atoms with Crippen molar-refractivity contribution in [3.8, 4) is 0 Å². The number of hydrogen-bond donors (Lipinski definition) is 1. The van der Waals surface area contributed by atoms with Crippen molar-refractivity contribution in [1.82, 2.24) is 10.2 Å². The zero-order valence-electron chi connectivity index (χ0n) is 13.1. The van der Waals surface area contributed by atoms with Crippen molar-refractivity contribution >= 4 is 27.3 Å². The van der Waals surface area contributed by atoms with Gasteiger partial charge in [-0.05, 0) is 44.5 Å². The van der Waals surface area contributed by atoms with Gasteiger partial charge in [0.05, 0.1) is 4.88 Å². The Morgan fingerprint density at radius 2 is 2.05 bits per heavy atom. The maximum absolute atomic E-state index is 12.5. The number of benzene rings is 1. The number of nitrogens with zero attached hydrogens (tertiary/aromatic N) is 1. The highest BCUT2D eigenvalue weighted by molar-refractivity contribution is 7.20. The summed E-state index contributed by atoms with van der Waals surface area (Å²) in [4.78, 5) is 15.5. The van der Waals surface area contributed by atoms with Crippen LogP contribution in [0.15, 0.2) is 30.3 Å². The molecule has 1 aliphatic rings. The Bertz CT molecular complexity index is 626. The Morgan fingerprint density at radius 3 is 2.73 bits per heavy atom. The largest absolute Gasteiger partial charge is 0.381 e. The minimum Gasteiger partial charge on any atom is -0.381 e. The summed E-state index contributed by atoms with van der Waals surface area (Å²) < 4.78 is 6.62. The SMILES string of the molecule is CN(C)C1(CNC(=O)c2cc3ccccc3s2)CCOCC1. The smallest absolute Gasteiger partial charge is 0.261 e. The Morgan fingerprint density at radius 1 is 1.32 bits per heavy atom. The van der Waals surface area contributed by atoms with E-state index in [1.165, 1.54) is 0 Å². The van der Waals surface area contributed by atoms with Crippen LogP contribution in [0.1, 0.15) is 22.5 Å². The minimum absolute atomic E-state index is 0.00456. The number of thiophene rings is 1. The van der Waals surface area contributed by atoms with Gasteiger partial charge in [0.2, 0.25) is 0 Å². The lowest BCUT2D eigenvalue weighted by molar-refractivity contribution is -0.00656. The first kappa shape index (κ1) is 15.5. The Kier molecular flexibility index (Phi) is 4.47. The molecule has 0 spiro atoms. The standard InChI is InChI=1S/C17H22N2O2S/c1-19(2)17(7-9-21-10-8-17)12-18-16(20)15-11-13-5-3-4-6-14(13)22-15/h3-6,11H,7-10,12H2,1-2H3,(H,18,20). The lowest BCUT2D eigenvalue weighted by Crippen LogP contribution is -2.55. The zero-order valence-corrected chi connectivity index (χ0v) is 13.9. The summed E-state index contributed by atoms with van der Waals surface area (Å²) in [7, 11) is 4.16. The van der Waals surface area contributed by atoms with Crippen LogP contribution in [0, 0.1) is 0 Å². The quantitative estimate of drug-likeness (QED) is 0.942. The molecule has 0 saturated carbocycles.